The second kappa shape index (κ2) is 12.8. The number of hydrogen-bond donors (Lipinski definition) is 4. The Morgan fingerprint density at radius 3 is 2.12 bits per heavy atom. The summed E-state index contributed by atoms with van der Waals surface area (Å²) in [5.41, 5.74) is 1.62. The van der Waals surface area contributed by atoms with Crippen LogP contribution in [0.4, 0.5) is 14.0 Å². The van der Waals surface area contributed by atoms with Gasteiger partial charge in [0.05, 0.1) is 0 Å². The molecule has 0 saturated heterocycles. The van der Waals surface area contributed by atoms with Crippen LogP contribution in [0.3, 0.4) is 0 Å². The van der Waals surface area contributed by atoms with Crippen LogP contribution in [0.15, 0.2) is 48.5 Å². The van der Waals surface area contributed by atoms with Crippen molar-refractivity contribution in [2.75, 3.05) is 13.1 Å². The van der Waals surface area contributed by atoms with Crippen LogP contribution in [-0.4, -0.2) is 53.4 Å². The van der Waals surface area contributed by atoms with Gasteiger partial charge in [-0.1, -0.05) is 24.3 Å². The smallest absolute Gasteiger partial charge is 0.407 e. The number of carbonyl (C=O) groups is 3. The van der Waals surface area contributed by atoms with Gasteiger partial charge in [0.15, 0.2) is 0 Å². The van der Waals surface area contributed by atoms with E-state index in [1.807, 2.05) is 18.2 Å². The van der Waals surface area contributed by atoms with Crippen LogP contribution in [-0.2, 0) is 9.47 Å². The van der Waals surface area contributed by atoms with Crippen molar-refractivity contribution in [1.29, 1.82) is 0 Å². The Balaban J connectivity index is 1.61. The molecule has 1 atom stereocenters. The molecule has 0 aliphatic heterocycles. The first-order chi connectivity index (χ1) is 18.7. The van der Waals surface area contributed by atoms with E-state index in [-0.39, 0.29) is 18.3 Å². The monoisotopic (exact) mass is 554 g/mol. The average Bonchev–Trinajstić information content (AvgIpc) is 3.26. The molecule has 0 spiro atoms. The summed E-state index contributed by atoms with van der Waals surface area (Å²) < 4.78 is 23.9. The Morgan fingerprint density at radius 2 is 1.48 bits per heavy atom. The van der Waals surface area contributed by atoms with Crippen molar-refractivity contribution in [2.45, 2.75) is 71.6 Å². The summed E-state index contributed by atoms with van der Waals surface area (Å²) in [5, 5.41) is 9.22. The molecule has 2 aromatic carbocycles. The largest absolute Gasteiger partial charge is 0.444 e. The Bertz CT molecular complexity index is 1320. The molecule has 3 rings (SSSR count). The van der Waals surface area contributed by atoms with Gasteiger partial charge >= 0.3 is 12.2 Å². The molecule has 0 aliphatic carbocycles. The van der Waals surface area contributed by atoms with Gasteiger partial charge in [0, 0.05) is 30.0 Å². The van der Waals surface area contributed by atoms with Crippen molar-refractivity contribution in [1.82, 2.24) is 20.9 Å². The van der Waals surface area contributed by atoms with E-state index in [4.69, 9.17) is 9.47 Å². The van der Waals surface area contributed by atoms with Crippen LogP contribution in [0.5, 0.6) is 0 Å². The molecule has 10 heteroatoms. The SMILES string of the molecule is CC(C)(C)OC(=O)NCCC[C@H](CNC(=O)c1cc2ccc(-c3ccc(F)cc3)cc2[nH]1)NC(=O)OC(C)(C)C. The third-order valence-corrected chi connectivity index (χ3v) is 5.67. The molecule has 0 saturated carbocycles. The van der Waals surface area contributed by atoms with Crippen molar-refractivity contribution in [2.24, 2.45) is 0 Å². The van der Waals surface area contributed by atoms with Crippen LogP contribution >= 0.6 is 0 Å². The lowest BCUT2D eigenvalue weighted by Crippen LogP contribution is -2.46. The first-order valence-electron chi connectivity index (χ1n) is 13.3. The van der Waals surface area contributed by atoms with Crippen molar-refractivity contribution in [3.63, 3.8) is 0 Å². The fourth-order valence-electron chi connectivity index (χ4n) is 3.93. The predicted octanol–water partition coefficient (Wildman–Crippen LogP) is 5.90. The Morgan fingerprint density at radius 1 is 0.850 bits per heavy atom. The number of nitrogens with one attached hydrogen (secondary N) is 4. The quantitative estimate of drug-likeness (QED) is 0.245. The van der Waals surface area contributed by atoms with Gasteiger partial charge in [0.25, 0.3) is 5.91 Å². The number of H-pyrrole nitrogens is 1. The number of aromatic nitrogens is 1. The number of amides is 3. The fraction of sp³-hybridized carbons (Fsp3) is 0.433. The molecule has 0 radical (unpaired) electrons. The highest BCUT2D eigenvalue weighted by molar-refractivity contribution is 5.98. The number of fused-ring (bicyclic) bond motifs is 1. The molecule has 3 aromatic rings. The van der Waals surface area contributed by atoms with E-state index >= 15 is 0 Å². The number of benzene rings is 2. The van der Waals surface area contributed by atoms with Gasteiger partial charge in [-0.3, -0.25) is 4.79 Å². The summed E-state index contributed by atoms with van der Waals surface area (Å²) in [5.74, 6) is -0.634. The third-order valence-electron chi connectivity index (χ3n) is 5.67. The summed E-state index contributed by atoms with van der Waals surface area (Å²) >= 11 is 0. The normalized spacial score (nSPS) is 12.5. The summed E-state index contributed by atoms with van der Waals surface area (Å²) in [6, 6.07) is 13.2. The number of carbonyl (C=O) groups excluding carboxylic acids is 3. The molecule has 9 nitrogen and oxygen atoms in total. The lowest BCUT2D eigenvalue weighted by molar-refractivity contribution is 0.0487. The van der Waals surface area contributed by atoms with Crippen LogP contribution in [0.2, 0.25) is 0 Å². The van der Waals surface area contributed by atoms with E-state index in [1.54, 1.807) is 59.7 Å². The first-order valence-corrected chi connectivity index (χ1v) is 13.3. The molecule has 0 bridgehead atoms. The maximum absolute atomic E-state index is 13.3. The Labute approximate surface area is 234 Å². The summed E-state index contributed by atoms with van der Waals surface area (Å²) in [4.78, 5) is 40.4. The number of hydrogen-bond acceptors (Lipinski definition) is 5. The highest BCUT2D eigenvalue weighted by Crippen LogP contribution is 2.25. The van der Waals surface area contributed by atoms with Crippen LogP contribution in [0, 0.1) is 5.82 Å². The number of alkyl carbamates (subject to hydrolysis) is 2. The molecule has 216 valence electrons. The van der Waals surface area contributed by atoms with E-state index in [0.29, 0.717) is 25.1 Å². The molecule has 3 amide bonds. The molecule has 40 heavy (non-hydrogen) atoms. The van der Waals surface area contributed by atoms with Crippen LogP contribution in [0.1, 0.15) is 64.9 Å². The zero-order valence-electron chi connectivity index (χ0n) is 23.9. The van der Waals surface area contributed by atoms with E-state index in [0.717, 1.165) is 22.0 Å². The highest BCUT2D eigenvalue weighted by Gasteiger charge is 2.21. The third kappa shape index (κ3) is 9.91. The van der Waals surface area contributed by atoms with Gasteiger partial charge in [0.1, 0.15) is 22.7 Å². The minimum Gasteiger partial charge on any atom is -0.444 e. The van der Waals surface area contributed by atoms with Crippen molar-refractivity contribution >= 4 is 29.0 Å². The molecule has 1 heterocycles. The molecule has 1 aromatic heterocycles. The summed E-state index contributed by atoms with van der Waals surface area (Å²) in [7, 11) is 0. The Hall–Kier alpha value is -4.08. The van der Waals surface area contributed by atoms with Gasteiger partial charge in [-0.05, 0) is 89.8 Å². The second-order valence-corrected chi connectivity index (χ2v) is 11.6. The topological polar surface area (TPSA) is 122 Å². The second-order valence-electron chi connectivity index (χ2n) is 11.6. The molecule has 0 unspecified atom stereocenters. The molecule has 0 aliphatic rings. The van der Waals surface area contributed by atoms with E-state index in [2.05, 4.69) is 20.9 Å². The lowest BCUT2D eigenvalue weighted by Gasteiger charge is -2.24. The van der Waals surface area contributed by atoms with Crippen molar-refractivity contribution < 1.29 is 28.2 Å². The lowest BCUT2D eigenvalue weighted by atomic mass is 10.0. The van der Waals surface area contributed by atoms with Gasteiger partial charge in [-0.25, -0.2) is 14.0 Å². The van der Waals surface area contributed by atoms with Gasteiger partial charge in [-0.15, -0.1) is 0 Å². The molecular weight excluding hydrogens is 515 g/mol. The van der Waals surface area contributed by atoms with Crippen molar-refractivity contribution in [3.05, 3.63) is 60.0 Å². The molecule has 0 fully saturated rings. The van der Waals surface area contributed by atoms with Gasteiger partial charge in [0.2, 0.25) is 0 Å². The minimum atomic E-state index is -0.673. The fourth-order valence-corrected chi connectivity index (χ4v) is 3.93. The predicted molar refractivity (Wildman–Crippen MR) is 153 cm³/mol. The van der Waals surface area contributed by atoms with Crippen LogP contribution in [0.25, 0.3) is 22.0 Å². The van der Waals surface area contributed by atoms with Gasteiger partial charge < -0.3 is 30.4 Å². The van der Waals surface area contributed by atoms with E-state index < -0.39 is 29.4 Å². The number of halogens is 1. The maximum atomic E-state index is 13.3. The maximum Gasteiger partial charge on any atom is 0.407 e. The zero-order chi connectivity index (χ0) is 29.5. The summed E-state index contributed by atoms with van der Waals surface area (Å²) in [6.45, 7) is 11.2. The standard InChI is InChI=1S/C30H39FN4O5/c1-29(2,3)39-27(37)32-15-7-8-23(34-28(38)40-30(4,5)6)18-33-26(36)25-17-21-10-9-20(16-24(21)35-25)19-11-13-22(31)14-12-19/h9-14,16-17,23,35H,7-8,15,18H2,1-6H3,(H,32,37)(H,33,36)(H,34,38)/t23-/m1/s1. The number of aromatic amines is 1. The summed E-state index contributed by atoms with van der Waals surface area (Å²) in [6.07, 6.45) is -0.0957. The zero-order valence-corrected chi connectivity index (χ0v) is 23.9. The number of rotatable bonds is 9. The van der Waals surface area contributed by atoms with E-state index in [9.17, 15) is 18.8 Å². The molecular formula is C30H39FN4O5. The average molecular weight is 555 g/mol. The number of ether oxygens (including phenoxy) is 2. The van der Waals surface area contributed by atoms with Gasteiger partial charge in [-0.2, -0.15) is 0 Å². The highest BCUT2D eigenvalue weighted by atomic mass is 19.1. The van der Waals surface area contributed by atoms with Crippen LogP contribution < -0.4 is 16.0 Å². The minimum absolute atomic E-state index is 0.153. The molecule has 4 N–H and O–H groups in total. The van der Waals surface area contributed by atoms with Crippen molar-refractivity contribution in [3.8, 4) is 11.1 Å². The first kappa shape index (κ1) is 30.5. The van der Waals surface area contributed by atoms with E-state index in [1.165, 1.54) is 12.1 Å². The Kier molecular flexibility index (Phi) is 9.78.